The number of benzene rings is 1. The Balaban J connectivity index is 3.15. The summed E-state index contributed by atoms with van der Waals surface area (Å²) in [5, 5.41) is 0.00145. The van der Waals surface area contributed by atoms with Gasteiger partial charge in [-0.3, -0.25) is 0 Å². The Morgan fingerprint density at radius 3 is 2.88 bits per heavy atom. The lowest BCUT2D eigenvalue weighted by Gasteiger charge is -2.10. The molecule has 16 heavy (non-hydrogen) atoms. The molecule has 0 saturated carbocycles. The molecule has 5 heteroatoms. The summed E-state index contributed by atoms with van der Waals surface area (Å²) in [4.78, 5) is 13.4. The predicted octanol–water partition coefficient (Wildman–Crippen LogP) is 2.85. The van der Waals surface area contributed by atoms with Gasteiger partial charge in [-0.15, -0.1) is 6.42 Å². The highest BCUT2D eigenvalue weighted by Gasteiger charge is 2.11. The van der Waals surface area contributed by atoms with E-state index in [0.29, 0.717) is 0 Å². The molecule has 3 nitrogen and oxygen atoms in total. The van der Waals surface area contributed by atoms with E-state index in [-0.39, 0.29) is 16.5 Å². The molecule has 1 aromatic carbocycles. The van der Waals surface area contributed by atoms with Crippen LogP contribution in [0.15, 0.2) is 17.1 Å². The lowest BCUT2D eigenvalue weighted by molar-refractivity contribution is 0.265. The Morgan fingerprint density at radius 1 is 1.62 bits per heavy atom. The first-order chi connectivity index (χ1) is 7.58. The zero-order chi connectivity index (χ0) is 12.1. The number of hydrogen-bond donors (Lipinski definition) is 0. The molecule has 1 rings (SSSR count). The fourth-order valence-corrected chi connectivity index (χ4v) is 1.16. The van der Waals surface area contributed by atoms with Gasteiger partial charge in [-0.2, -0.15) is 4.99 Å². The van der Waals surface area contributed by atoms with Crippen LogP contribution in [0.4, 0.5) is 10.1 Å². The predicted molar refractivity (Wildman–Crippen MR) is 58.1 cm³/mol. The second kappa shape index (κ2) is 5.32. The van der Waals surface area contributed by atoms with Crippen LogP contribution in [-0.2, 0) is 4.79 Å². The average molecular weight is 240 g/mol. The number of hydrogen-bond acceptors (Lipinski definition) is 3. The van der Waals surface area contributed by atoms with Crippen LogP contribution in [0.25, 0.3) is 0 Å². The topological polar surface area (TPSA) is 38.7 Å². The molecule has 0 bridgehead atoms. The third-order valence-corrected chi connectivity index (χ3v) is 2.01. The molecule has 0 aliphatic rings. The smallest absolute Gasteiger partial charge is 0.240 e. The third kappa shape index (κ3) is 2.83. The summed E-state index contributed by atoms with van der Waals surface area (Å²) in [5.74, 6) is 1.50. The van der Waals surface area contributed by atoms with Crippen molar-refractivity contribution in [1.29, 1.82) is 0 Å². The number of halogens is 2. The Kier molecular flexibility index (Phi) is 4.07. The number of terminal acetylenes is 1. The first-order valence-corrected chi connectivity index (χ1v) is 4.66. The Labute approximate surface area is 96.9 Å². The lowest BCUT2D eigenvalue weighted by atomic mass is 10.3. The number of aliphatic imine (C=N–C) groups is 1. The highest BCUT2D eigenvalue weighted by Crippen LogP contribution is 2.32. The summed E-state index contributed by atoms with van der Waals surface area (Å²) in [5.41, 5.74) is 0.0808. The van der Waals surface area contributed by atoms with Crippen molar-refractivity contribution >= 4 is 23.4 Å². The van der Waals surface area contributed by atoms with Crippen LogP contribution in [0.3, 0.4) is 0 Å². The molecule has 82 valence electrons. The van der Waals surface area contributed by atoms with Crippen molar-refractivity contribution in [3.63, 3.8) is 0 Å². The number of carbonyl (C=O) groups excluding carboxylic acids is 1. The van der Waals surface area contributed by atoms with Crippen molar-refractivity contribution in [2.75, 3.05) is 0 Å². The van der Waals surface area contributed by atoms with Crippen LogP contribution in [0.2, 0.25) is 5.02 Å². The van der Waals surface area contributed by atoms with Crippen molar-refractivity contribution in [2.24, 2.45) is 4.99 Å². The normalized spacial score (nSPS) is 11.1. The van der Waals surface area contributed by atoms with Crippen LogP contribution < -0.4 is 4.74 Å². The summed E-state index contributed by atoms with van der Waals surface area (Å²) in [6.45, 7) is 1.58. The maximum Gasteiger partial charge on any atom is 0.240 e. The van der Waals surface area contributed by atoms with Crippen molar-refractivity contribution in [1.82, 2.24) is 0 Å². The highest BCUT2D eigenvalue weighted by molar-refractivity contribution is 6.33. The molecular weight excluding hydrogens is 233 g/mol. The summed E-state index contributed by atoms with van der Waals surface area (Å²) < 4.78 is 18.4. The number of ether oxygens (including phenoxy) is 1. The molecule has 0 spiro atoms. The fourth-order valence-electron chi connectivity index (χ4n) is 0.968. The molecule has 1 atom stereocenters. The average Bonchev–Trinajstić information content (AvgIpc) is 2.25. The van der Waals surface area contributed by atoms with Gasteiger partial charge >= 0.3 is 0 Å². The minimum Gasteiger partial charge on any atom is -0.475 e. The first kappa shape index (κ1) is 12.3. The molecule has 0 heterocycles. The van der Waals surface area contributed by atoms with E-state index in [1.165, 1.54) is 12.1 Å². The van der Waals surface area contributed by atoms with E-state index in [2.05, 4.69) is 10.9 Å². The maximum atomic E-state index is 13.3. The maximum absolute atomic E-state index is 13.3. The molecule has 0 aromatic heterocycles. The van der Waals surface area contributed by atoms with Gasteiger partial charge < -0.3 is 4.74 Å². The number of rotatable bonds is 3. The van der Waals surface area contributed by atoms with E-state index in [1.54, 1.807) is 6.92 Å². The van der Waals surface area contributed by atoms with E-state index in [4.69, 9.17) is 22.8 Å². The van der Waals surface area contributed by atoms with Crippen LogP contribution >= 0.6 is 11.6 Å². The molecule has 0 aliphatic heterocycles. The quantitative estimate of drug-likeness (QED) is 0.462. The van der Waals surface area contributed by atoms with Gasteiger partial charge in [0, 0.05) is 6.07 Å². The molecule has 0 amide bonds. The Bertz CT molecular complexity index is 489. The van der Waals surface area contributed by atoms with Gasteiger partial charge in [0.25, 0.3) is 0 Å². The minimum absolute atomic E-state index is 0.00145. The zero-order valence-corrected chi connectivity index (χ0v) is 9.08. The van der Waals surface area contributed by atoms with E-state index >= 15 is 0 Å². The summed E-state index contributed by atoms with van der Waals surface area (Å²) in [6.07, 6.45) is 5.80. The van der Waals surface area contributed by atoms with Gasteiger partial charge in [-0.05, 0) is 13.0 Å². The molecule has 0 fully saturated rings. The van der Waals surface area contributed by atoms with Crippen LogP contribution in [-0.4, -0.2) is 12.2 Å². The zero-order valence-electron chi connectivity index (χ0n) is 8.33. The molecule has 1 aromatic rings. The lowest BCUT2D eigenvalue weighted by Crippen LogP contribution is -2.09. The van der Waals surface area contributed by atoms with Crippen LogP contribution in [0.1, 0.15) is 6.92 Å². The van der Waals surface area contributed by atoms with E-state index in [9.17, 15) is 9.18 Å². The molecule has 0 N–H and O–H groups in total. The summed E-state index contributed by atoms with van der Waals surface area (Å²) in [6, 6.07) is 2.19. The fraction of sp³-hybridized carbons (Fsp3) is 0.182. The second-order valence-electron chi connectivity index (χ2n) is 2.86. The standard InChI is InChI=1S/C11H7ClFNO2/c1-3-7(2)16-11-5-10(14-6-15)8(12)4-9(11)13/h1,4-5,7H,2H3. The summed E-state index contributed by atoms with van der Waals surface area (Å²) in [7, 11) is 0. The van der Waals surface area contributed by atoms with E-state index in [1.807, 2.05) is 0 Å². The van der Waals surface area contributed by atoms with Crippen molar-refractivity contribution in [3.8, 4) is 18.1 Å². The van der Waals surface area contributed by atoms with Gasteiger partial charge in [0.15, 0.2) is 17.7 Å². The SMILES string of the molecule is C#CC(C)Oc1cc(N=C=O)c(Cl)cc1F. The Morgan fingerprint density at radius 2 is 2.31 bits per heavy atom. The molecule has 0 aliphatic carbocycles. The molecule has 0 radical (unpaired) electrons. The van der Waals surface area contributed by atoms with Crippen molar-refractivity contribution in [3.05, 3.63) is 23.0 Å². The highest BCUT2D eigenvalue weighted by atomic mass is 35.5. The van der Waals surface area contributed by atoms with Crippen LogP contribution in [0, 0.1) is 18.2 Å². The van der Waals surface area contributed by atoms with Gasteiger partial charge in [-0.25, -0.2) is 9.18 Å². The molecule has 0 saturated heterocycles. The second-order valence-corrected chi connectivity index (χ2v) is 3.27. The Hall–Kier alpha value is -1.82. The number of nitrogens with zero attached hydrogens (tertiary/aromatic N) is 1. The van der Waals surface area contributed by atoms with Crippen molar-refractivity contribution in [2.45, 2.75) is 13.0 Å². The van der Waals surface area contributed by atoms with Gasteiger partial charge in [0.1, 0.15) is 0 Å². The largest absolute Gasteiger partial charge is 0.475 e. The van der Waals surface area contributed by atoms with Crippen LogP contribution in [0.5, 0.6) is 5.75 Å². The van der Waals surface area contributed by atoms with E-state index < -0.39 is 11.9 Å². The minimum atomic E-state index is -0.669. The van der Waals surface area contributed by atoms with E-state index in [0.717, 1.165) is 6.07 Å². The summed E-state index contributed by atoms with van der Waals surface area (Å²) >= 11 is 5.64. The first-order valence-electron chi connectivity index (χ1n) is 4.28. The molecule has 1 unspecified atom stereocenters. The molecular formula is C11H7ClFNO2. The van der Waals surface area contributed by atoms with Gasteiger partial charge in [-0.1, -0.05) is 17.5 Å². The third-order valence-electron chi connectivity index (χ3n) is 1.71. The van der Waals surface area contributed by atoms with Crippen molar-refractivity contribution < 1.29 is 13.9 Å². The van der Waals surface area contributed by atoms with Gasteiger partial charge in [0.2, 0.25) is 6.08 Å². The van der Waals surface area contributed by atoms with Gasteiger partial charge in [0.05, 0.1) is 10.7 Å². The number of isocyanates is 1. The monoisotopic (exact) mass is 239 g/mol.